The Hall–Kier alpha value is -3.57. The lowest BCUT2D eigenvalue weighted by atomic mass is 10.0. The Balaban J connectivity index is 1.90. The summed E-state index contributed by atoms with van der Waals surface area (Å²) in [5.74, 6) is 12.1. The van der Waals surface area contributed by atoms with Crippen LogP contribution in [0.15, 0.2) is 36.4 Å². The number of aryl methyl sites for hydroxylation is 4. The molecular weight excluding hydrogens is 449 g/mol. The van der Waals surface area contributed by atoms with Crippen molar-refractivity contribution >= 4 is 11.7 Å². The number of halogens is 3. The number of anilines is 1. The van der Waals surface area contributed by atoms with Gasteiger partial charge in [-0.15, -0.1) is 0 Å². The third-order valence-corrected chi connectivity index (χ3v) is 5.49. The summed E-state index contributed by atoms with van der Waals surface area (Å²) in [7, 11) is 2.65. The van der Waals surface area contributed by atoms with Crippen LogP contribution in [0.1, 0.15) is 27.9 Å². The molecule has 8 nitrogen and oxygen atoms in total. The van der Waals surface area contributed by atoms with Gasteiger partial charge in [0.1, 0.15) is 18.1 Å². The number of carbonyl (C=O) groups is 1. The van der Waals surface area contributed by atoms with E-state index in [1.165, 1.54) is 14.1 Å². The first-order valence-electron chi connectivity index (χ1n) is 10.3. The summed E-state index contributed by atoms with van der Waals surface area (Å²) < 4.78 is 46.4. The van der Waals surface area contributed by atoms with E-state index in [2.05, 4.69) is 5.10 Å². The molecule has 0 fully saturated rings. The molecule has 0 aliphatic rings. The number of nitrogens with zero attached hydrogens (tertiary/aromatic N) is 4. The highest BCUT2D eigenvalue weighted by Crippen LogP contribution is 2.35. The zero-order valence-corrected chi connectivity index (χ0v) is 19.6. The maximum Gasteiger partial charge on any atom is 0.433 e. The van der Waals surface area contributed by atoms with Crippen LogP contribution in [0.3, 0.4) is 0 Å². The third-order valence-electron chi connectivity index (χ3n) is 5.49. The van der Waals surface area contributed by atoms with Crippen LogP contribution < -0.4 is 21.4 Å². The Labute approximate surface area is 195 Å². The van der Waals surface area contributed by atoms with Gasteiger partial charge in [0.15, 0.2) is 0 Å². The first-order chi connectivity index (χ1) is 15.8. The van der Waals surface area contributed by atoms with E-state index in [4.69, 9.17) is 16.4 Å². The molecule has 2 amide bonds. The topological polar surface area (TPSA) is 103 Å². The van der Waals surface area contributed by atoms with E-state index in [9.17, 15) is 18.0 Å². The van der Waals surface area contributed by atoms with Gasteiger partial charge in [0, 0.05) is 25.2 Å². The molecule has 0 saturated heterocycles. The van der Waals surface area contributed by atoms with Crippen LogP contribution in [-0.2, 0) is 19.8 Å². The average Bonchev–Trinajstić information content (AvgIpc) is 3.15. The van der Waals surface area contributed by atoms with Crippen LogP contribution in [0.25, 0.3) is 11.3 Å². The second-order valence-electron chi connectivity index (χ2n) is 8.09. The number of benzene rings is 2. The largest absolute Gasteiger partial charge is 0.489 e. The highest BCUT2D eigenvalue weighted by Gasteiger charge is 2.35. The second kappa shape index (κ2) is 9.35. The van der Waals surface area contributed by atoms with Crippen molar-refractivity contribution in [2.24, 2.45) is 18.7 Å². The van der Waals surface area contributed by atoms with Crippen LogP contribution in [0.2, 0.25) is 0 Å². The van der Waals surface area contributed by atoms with Crippen molar-refractivity contribution < 1.29 is 22.7 Å². The molecule has 3 rings (SSSR count). The first kappa shape index (κ1) is 25.1. The number of hydrogen-bond donors (Lipinski definition) is 2. The number of hydrogen-bond acceptors (Lipinski definition) is 5. The van der Waals surface area contributed by atoms with Crippen LogP contribution in [-0.4, -0.2) is 27.9 Å². The van der Waals surface area contributed by atoms with E-state index >= 15 is 0 Å². The fourth-order valence-corrected chi connectivity index (χ4v) is 3.61. The van der Waals surface area contributed by atoms with E-state index in [1.807, 2.05) is 13.0 Å². The van der Waals surface area contributed by atoms with Gasteiger partial charge in [-0.2, -0.15) is 18.3 Å². The van der Waals surface area contributed by atoms with Gasteiger partial charge in [-0.25, -0.2) is 21.5 Å². The van der Waals surface area contributed by atoms with Crippen molar-refractivity contribution in [3.63, 3.8) is 0 Å². The van der Waals surface area contributed by atoms with Crippen LogP contribution >= 0.6 is 0 Å². The maximum absolute atomic E-state index is 13.2. The van der Waals surface area contributed by atoms with Gasteiger partial charge in [0.05, 0.1) is 11.4 Å². The number of aromatic nitrogens is 2. The summed E-state index contributed by atoms with van der Waals surface area (Å²) in [6.45, 7) is 5.55. The Bertz CT molecular complexity index is 1220. The first-order valence-corrected chi connectivity index (χ1v) is 10.3. The number of carbonyl (C=O) groups excluding carboxylic acids is 1. The quantitative estimate of drug-likeness (QED) is 0.326. The minimum absolute atomic E-state index is 0.110. The molecule has 1 aromatic heterocycles. The van der Waals surface area contributed by atoms with Crippen LogP contribution in [0.4, 0.5) is 23.7 Å². The van der Waals surface area contributed by atoms with Gasteiger partial charge in [-0.1, -0.05) is 12.1 Å². The number of ether oxygens (including phenoxy) is 1. The third kappa shape index (κ3) is 5.00. The van der Waals surface area contributed by atoms with E-state index in [0.717, 1.165) is 31.9 Å². The molecule has 2 aromatic carbocycles. The smallest absolute Gasteiger partial charge is 0.433 e. The molecule has 0 bridgehead atoms. The molecule has 4 N–H and O–H groups in total. The van der Waals surface area contributed by atoms with Crippen molar-refractivity contribution in [1.29, 1.82) is 0 Å². The van der Waals surface area contributed by atoms with E-state index in [-0.39, 0.29) is 12.3 Å². The number of nitrogens with two attached hydrogens (primary N) is 2. The van der Waals surface area contributed by atoms with Gasteiger partial charge < -0.3 is 4.74 Å². The van der Waals surface area contributed by atoms with E-state index in [1.54, 1.807) is 38.1 Å². The Morgan fingerprint density at radius 3 is 2.35 bits per heavy atom. The average molecular weight is 477 g/mol. The SMILES string of the molecule is Cc1cc(-c2cc(C(F)(F)F)n(C)n2)c(C)cc1OCc1c(C)cccc1N(N)C(=O)N(C)N. The molecule has 0 atom stereocenters. The number of urea groups is 1. The Kier molecular flexibility index (Phi) is 6.89. The van der Waals surface area contributed by atoms with Crippen molar-refractivity contribution in [3.8, 4) is 17.0 Å². The van der Waals surface area contributed by atoms with Crippen LogP contribution in [0, 0.1) is 20.8 Å². The molecule has 0 unspecified atom stereocenters. The predicted octanol–water partition coefficient (Wildman–Crippen LogP) is 4.22. The lowest BCUT2D eigenvalue weighted by molar-refractivity contribution is -0.143. The van der Waals surface area contributed by atoms with E-state index in [0.29, 0.717) is 28.1 Å². The molecule has 1 heterocycles. The zero-order valence-electron chi connectivity index (χ0n) is 19.6. The highest BCUT2D eigenvalue weighted by atomic mass is 19.4. The van der Waals surface area contributed by atoms with Crippen LogP contribution in [0.5, 0.6) is 5.75 Å². The number of rotatable bonds is 5. The van der Waals surface area contributed by atoms with Gasteiger partial charge in [0.25, 0.3) is 0 Å². The fourth-order valence-electron chi connectivity index (χ4n) is 3.61. The summed E-state index contributed by atoms with van der Waals surface area (Å²) in [5, 5.41) is 5.86. The maximum atomic E-state index is 13.2. The molecule has 0 aliphatic heterocycles. The molecule has 3 aromatic rings. The van der Waals surface area contributed by atoms with E-state index < -0.39 is 17.9 Å². The predicted molar refractivity (Wildman–Crippen MR) is 123 cm³/mol. The minimum Gasteiger partial charge on any atom is -0.489 e. The summed E-state index contributed by atoms with van der Waals surface area (Å²) in [6.07, 6.45) is -4.49. The lowest BCUT2D eigenvalue weighted by Crippen LogP contribution is -2.49. The molecule has 34 heavy (non-hydrogen) atoms. The lowest BCUT2D eigenvalue weighted by Gasteiger charge is -2.24. The zero-order chi connectivity index (χ0) is 25.4. The van der Waals surface area contributed by atoms with Gasteiger partial charge in [0.2, 0.25) is 0 Å². The minimum atomic E-state index is -4.49. The van der Waals surface area contributed by atoms with Gasteiger partial charge in [-0.05, 0) is 61.7 Å². The number of hydrazine groups is 2. The van der Waals surface area contributed by atoms with Crippen molar-refractivity contribution in [2.75, 3.05) is 12.1 Å². The van der Waals surface area contributed by atoms with Crippen molar-refractivity contribution in [2.45, 2.75) is 33.6 Å². The Morgan fingerprint density at radius 1 is 1.09 bits per heavy atom. The molecule has 0 aliphatic carbocycles. The summed E-state index contributed by atoms with van der Waals surface area (Å²) >= 11 is 0. The standard InChI is InChI=1S/C23H27F3N6O2/c1-13-7-6-8-19(32(28)22(33)30(4)27)17(13)12-34-20-10-14(2)16(9-15(20)3)18-11-21(23(24,25)26)31(5)29-18/h6-11H,12,27-28H2,1-5H3. The van der Waals surface area contributed by atoms with Gasteiger partial charge in [-0.3, -0.25) is 9.69 Å². The fraction of sp³-hybridized carbons (Fsp3) is 0.304. The summed E-state index contributed by atoms with van der Waals surface area (Å²) in [6, 6.07) is 9.25. The molecule has 182 valence electrons. The molecular formula is C23H27F3N6O2. The normalized spacial score (nSPS) is 11.5. The molecule has 0 radical (unpaired) electrons. The molecule has 11 heteroatoms. The van der Waals surface area contributed by atoms with Crippen molar-refractivity contribution in [1.82, 2.24) is 14.8 Å². The second-order valence-corrected chi connectivity index (χ2v) is 8.09. The summed E-state index contributed by atoms with van der Waals surface area (Å²) in [4.78, 5) is 12.2. The Morgan fingerprint density at radius 2 is 1.76 bits per heavy atom. The number of alkyl halides is 3. The van der Waals surface area contributed by atoms with Crippen molar-refractivity contribution in [3.05, 3.63) is 64.3 Å². The summed E-state index contributed by atoms with van der Waals surface area (Å²) in [5.41, 5.74) is 3.41. The highest BCUT2D eigenvalue weighted by molar-refractivity contribution is 5.91. The van der Waals surface area contributed by atoms with Gasteiger partial charge >= 0.3 is 12.2 Å². The molecule has 0 saturated carbocycles. The monoisotopic (exact) mass is 476 g/mol. The molecule has 0 spiro atoms. The number of amides is 2.